The molecule has 0 heterocycles. The van der Waals surface area contributed by atoms with E-state index < -0.39 is 0 Å². The zero-order valence-electron chi connectivity index (χ0n) is 9.83. The first-order valence-electron chi connectivity index (χ1n) is 5.19. The van der Waals surface area contributed by atoms with Crippen molar-refractivity contribution >= 4 is 11.6 Å². The maximum atomic E-state index is 11.3. The molecule has 0 amide bonds. The first-order chi connectivity index (χ1) is 7.09. The Labute approximate surface area is 91.3 Å². The van der Waals surface area contributed by atoms with Crippen molar-refractivity contribution in [3.63, 3.8) is 0 Å². The Morgan fingerprint density at radius 3 is 1.93 bits per heavy atom. The van der Waals surface area contributed by atoms with Crippen LogP contribution in [0.15, 0.2) is 24.3 Å². The fourth-order valence-electron chi connectivity index (χ4n) is 1.07. The van der Waals surface area contributed by atoms with E-state index in [9.17, 15) is 9.59 Å². The molecule has 82 valence electrons. The number of aryl methyl sites for hydroxylation is 1. The summed E-state index contributed by atoms with van der Waals surface area (Å²) in [7, 11) is 0. The van der Waals surface area contributed by atoms with Gasteiger partial charge in [0.15, 0.2) is 5.78 Å². The molecule has 0 unspecified atom stereocenters. The van der Waals surface area contributed by atoms with Crippen LogP contribution in [0, 0.1) is 6.92 Å². The van der Waals surface area contributed by atoms with Gasteiger partial charge >= 0.3 is 0 Å². The highest BCUT2D eigenvalue weighted by Gasteiger charge is 2.07. The molecule has 0 aliphatic heterocycles. The first-order valence-corrected chi connectivity index (χ1v) is 5.19. The van der Waals surface area contributed by atoms with Crippen LogP contribution in [0.1, 0.15) is 43.1 Å². The smallest absolute Gasteiger partial charge is 0.170 e. The number of carbonyl (C=O) groups is 2. The highest BCUT2D eigenvalue weighted by atomic mass is 16.1. The average Bonchev–Trinajstić information content (AvgIpc) is 2.20. The van der Waals surface area contributed by atoms with Crippen molar-refractivity contribution in [2.24, 2.45) is 0 Å². The van der Waals surface area contributed by atoms with Crippen LogP contribution in [0.25, 0.3) is 0 Å². The lowest BCUT2D eigenvalue weighted by Crippen LogP contribution is -2.04. The molecule has 1 rings (SSSR count). The summed E-state index contributed by atoms with van der Waals surface area (Å²) >= 11 is 0. The molecule has 15 heavy (non-hydrogen) atoms. The van der Waals surface area contributed by atoms with E-state index in [0.29, 0.717) is 5.56 Å². The molecule has 1 aromatic rings. The second kappa shape index (κ2) is 6.93. The van der Waals surface area contributed by atoms with E-state index in [2.05, 4.69) is 0 Å². The van der Waals surface area contributed by atoms with E-state index in [1.54, 1.807) is 12.1 Å². The number of rotatable bonds is 3. The molecule has 2 nitrogen and oxygen atoms in total. The van der Waals surface area contributed by atoms with E-state index in [4.69, 9.17) is 0 Å². The Kier molecular flexibility index (Phi) is 6.27. The lowest BCUT2D eigenvalue weighted by atomic mass is 10.1. The Hall–Kier alpha value is -1.44. The maximum Gasteiger partial charge on any atom is 0.170 e. The van der Waals surface area contributed by atoms with E-state index in [0.717, 1.165) is 5.56 Å². The Bertz CT molecular complexity index is 323. The van der Waals surface area contributed by atoms with Crippen LogP contribution < -0.4 is 0 Å². The van der Waals surface area contributed by atoms with Gasteiger partial charge in [0.1, 0.15) is 5.78 Å². The SMILES string of the molecule is CC.CC(=O)CC(=O)c1ccc(C)cc1. The number of carbonyl (C=O) groups excluding carboxylic acids is 2. The van der Waals surface area contributed by atoms with Crippen molar-refractivity contribution in [3.8, 4) is 0 Å². The van der Waals surface area contributed by atoms with Crippen molar-refractivity contribution in [2.75, 3.05) is 0 Å². The first kappa shape index (κ1) is 13.6. The van der Waals surface area contributed by atoms with Gasteiger partial charge in [0.2, 0.25) is 0 Å². The summed E-state index contributed by atoms with van der Waals surface area (Å²) in [5, 5.41) is 0. The van der Waals surface area contributed by atoms with Crippen molar-refractivity contribution in [3.05, 3.63) is 35.4 Å². The van der Waals surface area contributed by atoms with E-state index in [-0.39, 0.29) is 18.0 Å². The summed E-state index contributed by atoms with van der Waals surface area (Å²) in [6.45, 7) is 7.38. The predicted molar refractivity (Wildman–Crippen MR) is 62.2 cm³/mol. The molecule has 0 atom stereocenters. The summed E-state index contributed by atoms with van der Waals surface area (Å²) in [4.78, 5) is 22.0. The van der Waals surface area contributed by atoms with Crippen LogP contribution in [0.5, 0.6) is 0 Å². The van der Waals surface area contributed by atoms with Crippen molar-refractivity contribution in [1.82, 2.24) is 0 Å². The van der Waals surface area contributed by atoms with Gasteiger partial charge in [-0.25, -0.2) is 0 Å². The largest absolute Gasteiger partial charge is 0.300 e. The lowest BCUT2D eigenvalue weighted by molar-refractivity contribution is -0.116. The quantitative estimate of drug-likeness (QED) is 0.562. The Morgan fingerprint density at radius 1 is 1.07 bits per heavy atom. The minimum atomic E-state index is -0.104. The summed E-state index contributed by atoms with van der Waals surface area (Å²) in [6.07, 6.45) is 0.00304. The van der Waals surface area contributed by atoms with Gasteiger partial charge in [0, 0.05) is 5.56 Å². The standard InChI is InChI=1S/C11H12O2.C2H6/c1-8-3-5-10(6-4-8)11(13)7-9(2)12;1-2/h3-6H,7H2,1-2H3;1-2H3. The Morgan fingerprint density at radius 2 is 1.53 bits per heavy atom. The summed E-state index contributed by atoms with van der Waals surface area (Å²) < 4.78 is 0. The summed E-state index contributed by atoms with van der Waals surface area (Å²) in [5.74, 6) is -0.196. The number of Topliss-reactive ketones (excluding diaryl/α,β-unsaturated/α-hetero) is 2. The van der Waals surface area contributed by atoms with Crippen LogP contribution in [-0.2, 0) is 4.79 Å². The lowest BCUT2D eigenvalue weighted by Gasteiger charge is -1.98. The minimum absolute atomic E-state index is 0.00304. The molecule has 0 aromatic heterocycles. The topological polar surface area (TPSA) is 34.1 Å². The van der Waals surface area contributed by atoms with Crippen LogP contribution >= 0.6 is 0 Å². The van der Waals surface area contributed by atoms with Gasteiger partial charge in [-0.05, 0) is 13.8 Å². The van der Waals surface area contributed by atoms with Gasteiger partial charge in [-0.15, -0.1) is 0 Å². The number of hydrogen-bond acceptors (Lipinski definition) is 2. The summed E-state index contributed by atoms with van der Waals surface area (Å²) in [6, 6.07) is 7.24. The van der Waals surface area contributed by atoms with Gasteiger partial charge in [-0.2, -0.15) is 0 Å². The van der Waals surface area contributed by atoms with Gasteiger partial charge in [0.05, 0.1) is 6.42 Å². The van der Waals surface area contributed by atoms with E-state index in [1.807, 2.05) is 32.9 Å². The van der Waals surface area contributed by atoms with Gasteiger partial charge < -0.3 is 0 Å². The predicted octanol–water partition coefficient (Wildman–Crippen LogP) is 3.18. The van der Waals surface area contributed by atoms with Crippen molar-refractivity contribution in [2.45, 2.75) is 34.1 Å². The molecule has 0 bridgehead atoms. The van der Waals surface area contributed by atoms with Crippen LogP contribution in [0.3, 0.4) is 0 Å². The van der Waals surface area contributed by atoms with Crippen LogP contribution in [0.4, 0.5) is 0 Å². The molecule has 0 fully saturated rings. The third-order valence-electron chi connectivity index (χ3n) is 1.78. The van der Waals surface area contributed by atoms with Crippen LogP contribution in [0.2, 0.25) is 0 Å². The van der Waals surface area contributed by atoms with Gasteiger partial charge in [0.25, 0.3) is 0 Å². The molecule has 0 aliphatic carbocycles. The molecule has 0 saturated carbocycles. The van der Waals surface area contributed by atoms with E-state index in [1.165, 1.54) is 6.92 Å². The molecular formula is C13H18O2. The molecular weight excluding hydrogens is 188 g/mol. The maximum absolute atomic E-state index is 11.3. The molecule has 0 radical (unpaired) electrons. The number of hydrogen-bond donors (Lipinski definition) is 0. The third-order valence-corrected chi connectivity index (χ3v) is 1.78. The average molecular weight is 206 g/mol. The van der Waals surface area contributed by atoms with Crippen LogP contribution in [-0.4, -0.2) is 11.6 Å². The minimum Gasteiger partial charge on any atom is -0.300 e. The molecule has 0 aliphatic rings. The Balaban J connectivity index is 0.000000921. The normalized spacial score (nSPS) is 8.80. The second-order valence-electron chi connectivity index (χ2n) is 3.17. The zero-order valence-corrected chi connectivity index (χ0v) is 9.83. The summed E-state index contributed by atoms with van der Waals surface area (Å²) in [5.41, 5.74) is 1.72. The molecule has 0 saturated heterocycles. The highest BCUT2D eigenvalue weighted by molar-refractivity contribution is 6.07. The molecule has 1 aromatic carbocycles. The number of benzene rings is 1. The highest BCUT2D eigenvalue weighted by Crippen LogP contribution is 2.06. The van der Waals surface area contributed by atoms with Crippen molar-refractivity contribution in [1.29, 1.82) is 0 Å². The monoisotopic (exact) mass is 206 g/mol. The molecule has 2 heteroatoms. The molecule has 0 N–H and O–H groups in total. The van der Waals surface area contributed by atoms with Gasteiger partial charge in [-0.1, -0.05) is 43.7 Å². The zero-order chi connectivity index (χ0) is 11.8. The second-order valence-corrected chi connectivity index (χ2v) is 3.17. The fourth-order valence-corrected chi connectivity index (χ4v) is 1.07. The fraction of sp³-hybridized carbons (Fsp3) is 0.385. The van der Waals surface area contributed by atoms with Crippen molar-refractivity contribution < 1.29 is 9.59 Å². The number of ketones is 2. The van der Waals surface area contributed by atoms with E-state index >= 15 is 0 Å². The third kappa shape index (κ3) is 5.11. The van der Waals surface area contributed by atoms with Gasteiger partial charge in [-0.3, -0.25) is 9.59 Å². The molecule has 0 spiro atoms.